The largest absolute Gasteiger partial charge is 0.495 e. The van der Waals surface area contributed by atoms with E-state index in [9.17, 15) is 9.59 Å². The number of carbonyl (C=O) groups is 2. The summed E-state index contributed by atoms with van der Waals surface area (Å²) >= 11 is 6.09. The number of methoxy groups -OCH3 is 2. The zero-order chi connectivity index (χ0) is 17.7. The number of halogens is 1. The van der Waals surface area contributed by atoms with Gasteiger partial charge in [0.25, 0.3) is 5.91 Å². The first-order valence-electron chi connectivity index (χ1n) is 7.05. The lowest BCUT2D eigenvalue weighted by Gasteiger charge is -2.13. The molecular formula is C17H17ClN2O4. The van der Waals surface area contributed by atoms with Crippen molar-refractivity contribution in [1.82, 2.24) is 0 Å². The van der Waals surface area contributed by atoms with Crippen LogP contribution in [0.2, 0.25) is 5.02 Å². The van der Waals surface area contributed by atoms with Crippen LogP contribution in [0.15, 0.2) is 36.4 Å². The van der Waals surface area contributed by atoms with Gasteiger partial charge in [0.05, 0.1) is 24.9 Å². The summed E-state index contributed by atoms with van der Waals surface area (Å²) < 4.78 is 10.4. The molecule has 0 aliphatic rings. The van der Waals surface area contributed by atoms with Gasteiger partial charge < -0.3 is 20.1 Å². The van der Waals surface area contributed by atoms with E-state index in [-0.39, 0.29) is 11.8 Å². The number of amides is 2. The molecule has 126 valence electrons. The number of carbonyl (C=O) groups excluding carboxylic acids is 2. The van der Waals surface area contributed by atoms with E-state index < -0.39 is 0 Å². The van der Waals surface area contributed by atoms with Crippen LogP contribution in [0, 0.1) is 0 Å². The zero-order valence-electron chi connectivity index (χ0n) is 13.5. The molecule has 0 radical (unpaired) electrons. The van der Waals surface area contributed by atoms with Gasteiger partial charge in [-0.05, 0) is 24.3 Å². The molecule has 0 saturated heterocycles. The van der Waals surface area contributed by atoms with E-state index >= 15 is 0 Å². The van der Waals surface area contributed by atoms with Crippen molar-refractivity contribution in [3.63, 3.8) is 0 Å². The fourth-order valence-corrected chi connectivity index (χ4v) is 2.33. The normalized spacial score (nSPS) is 10.0. The SMILES string of the molecule is COc1cc(OC)c(NC(=O)c2cccc(NC(C)=O)c2)cc1Cl. The maximum atomic E-state index is 12.4. The van der Waals surface area contributed by atoms with E-state index in [1.807, 2.05) is 0 Å². The average Bonchev–Trinajstić information content (AvgIpc) is 2.54. The van der Waals surface area contributed by atoms with Crippen molar-refractivity contribution in [3.8, 4) is 11.5 Å². The Balaban J connectivity index is 2.26. The maximum absolute atomic E-state index is 12.4. The van der Waals surface area contributed by atoms with Crippen LogP contribution >= 0.6 is 11.6 Å². The zero-order valence-corrected chi connectivity index (χ0v) is 14.2. The molecule has 0 aliphatic heterocycles. The van der Waals surface area contributed by atoms with Crippen LogP contribution in [0.25, 0.3) is 0 Å². The van der Waals surface area contributed by atoms with E-state index in [1.54, 1.807) is 36.4 Å². The Labute approximate surface area is 144 Å². The summed E-state index contributed by atoms with van der Waals surface area (Å²) in [6, 6.07) is 9.73. The maximum Gasteiger partial charge on any atom is 0.255 e. The molecule has 0 atom stereocenters. The van der Waals surface area contributed by atoms with Crippen molar-refractivity contribution >= 4 is 34.8 Å². The number of ether oxygens (including phenoxy) is 2. The molecule has 2 N–H and O–H groups in total. The van der Waals surface area contributed by atoms with Crippen molar-refractivity contribution in [2.24, 2.45) is 0 Å². The predicted octanol–water partition coefficient (Wildman–Crippen LogP) is 3.57. The number of anilines is 2. The molecule has 0 aliphatic carbocycles. The fraction of sp³-hybridized carbons (Fsp3) is 0.176. The Morgan fingerprint density at radius 3 is 2.33 bits per heavy atom. The second kappa shape index (κ2) is 7.70. The van der Waals surface area contributed by atoms with E-state index in [4.69, 9.17) is 21.1 Å². The summed E-state index contributed by atoms with van der Waals surface area (Å²) in [5.41, 5.74) is 1.34. The van der Waals surface area contributed by atoms with Gasteiger partial charge in [-0.15, -0.1) is 0 Å². The Hall–Kier alpha value is -2.73. The van der Waals surface area contributed by atoms with E-state index in [0.29, 0.717) is 33.5 Å². The van der Waals surface area contributed by atoms with Gasteiger partial charge in [-0.3, -0.25) is 9.59 Å². The van der Waals surface area contributed by atoms with Crippen LogP contribution in [-0.4, -0.2) is 26.0 Å². The Morgan fingerprint density at radius 1 is 1.00 bits per heavy atom. The monoisotopic (exact) mass is 348 g/mol. The van der Waals surface area contributed by atoms with Gasteiger partial charge in [-0.2, -0.15) is 0 Å². The third kappa shape index (κ3) is 4.17. The summed E-state index contributed by atoms with van der Waals surface area (Å²) in [4.78, 5) is 23.5. The molecule has 0 spiro atoms. The van der Waals surface area contributed by atoms with Gasteiger partial charge in [0, 0.05) is 24.2 Å². The number of benzene rings is 2. The molecule has 6 nitrogen and oxygen atoms in total. The van der Waals surface area contributed by atoms with E-state index in [1.165, 1.54) is 21.1 Å². The van der Waals surface area contributed by atoms with Crippen molar-refractivity contribution in [2.45, 2.75) is 6.92 Å². The van der Waals surface area contributed by atoms with Gasteiger partial charge in [0.1, 0.15) is 11.5 Å². The lowest BCUT2D eigenvalue weighted by Crippen LogP contribution is -2.14. The fourth-order valence-electron chi connectivity index (χ4n) is 2.09. The van der Waals surface area contributed by atoms with Crippen molar-refractivity contribution in [2.75, 3.05) is 24.9 Å². The Bertz CT molecular complexity index is 777. The summed E-state index contributed by atoms with van der Waals surface area (Å²) in [5, 5.41) is 5.71. The number of rotatable bonds is 5. The molecule has 24 heavy (non-hydrogen) atoms. The first-order valence-corrected chi connectivity index (χ1v) is 7.43. The van der Waals surface area contributed by atoms with Crippen LogP contribution in [0.3, 0.4) is 0 Å². The molecule has 0 aromatic heterocycles. The van der Waals surface area contributed by atoms with Crippen molar-refractivity contribution < 1.29 is 19.1 Å². The highest BCUT2D eigenvalue weighted by atomic mass is 35.5. The Kier molecular flexibility index (Phi) is 5.65. The quantitative estimate of drug-likeness (QED) is 0.866. The third-order valence-corrected chi connectivity index (χ3v) is 3.46. The number of hydrogen-bond acceptors (Lipinski definition) is 4. The molecule has 2 aromatic carbocycles. The minimum atomic E-state index is -0.360. The highest BCUT2D eigenvalue weighted by Gasteiger charge is 2.14. The van der Waals surface area contributed by atoms with Crippen molar-refractivity contribution in [3.05, 3.63) is 47.0 Å². The van der Waals surface area contributed by atoms with Gasteiger partial charge in [0.15, 0.2) is 0 Å². The molecule has 0 fully saturated rings. The molecule has 0 saturated carbocycles. The highest BCUT2D eigenvalue weighted by Crippen LogP contribution is 2.36. The molecule has 0 unspecified atom stereocenters. The molecule has 2 aromatic rings. The summed E-state index contributed by atoms with van der Waals surface area (Å²) in [7, 11) is 2.97. The van der Waals surface area contributed by atoms with Crippen LogP contribution in [0.1, 0.15) is 17.3 Å². The topological polar surface area (TPSA) is 76.7 Å². The number of nitrogens with one attached hydrogen (secondary N) is 2. The molecule has 0 heterocycles. The van der Waals surface area contributed by atoms with Gasteiger partial charge >= 0.3 is 0 Å². The van der Waals surface area contributed by atoms with Gasteiger partial charge in [-0.1, -0.05) is 17.7 Å². The molecule has 0 bridgehead atoms. The van der Waals surface area contributed by atoms with Gasteiger partial charge in [-0.25, -0.2) is 0 Å². The summed E-state index contributed by atoms with van der Waals surface area (Å²) in [6.07, 6.45) is 0. The lowest BCUT2D eigenvalue weighted by molar-refractivity contribution is -0.114. The number of hydrogen-bond donors (Lipinski definition) is 2. The molecular weight excluding hydrogens is 332 g/mol. The molecule has 2 rings (SSSR count). The van der Waals surface area contributed by atoms with Crippen LogP contribution < -0.4 is 20.1 Å². The predicted molar refractivity (Wildman–Crippen MR) is 93.3 cm³/mol. The average molecular weight is 349 g/mol. The standard InChI is InChI=1S/C17H17ClN2O4/c1-10(21)19-12-6-4-5-11(7-12)17(22)20-14-8-13(18)15(23-2)9-16(14)24-3/h4-9H,1-3H3,(H,19,21)(H,20,22). The highest BCUT2D eigenvalue weighted by molar-refractivity contribution is 6.32. The third-order valence-electron chi connectivity index (χ3n) is 3.17. The molecule has 7 heteroatoms. The van der Waals surface area contributed by atoms with Crippen LogP contribution in [0.4, 0.5) is 11.4 Å². The van der Waals surface area contributed by atoms with Crippen molar-refractivity contribution in [1.29, 1.82) is 0 Å². The summed E-state index contributed by atoms with van der Waals surface area (Å²) in [5.74, 6) is 0.291. The van der Waals surface area contributed by atoms with Crippen LogP contribution in [0.5, 0.6) is 11.5 Å². The second-order valence-electron chi connectivity index (χ2n) is 4.90. The Morgan fingerprint density at radius 2 is 1.71 bits per heavy atom. The van der Waals surface area contributed by atoms with Gasteiger partial charge in [0.2, 0.25) is 5.91 Å². The second-order valence-corrected chi connectivity index (χ2v) is 5.31. The first-order chi connectivity index (χ1) is 11.4. The first kappa shape index (κ1) is 17.6. The van der Waals surface area contributed by atoms with E-state index in [0.717, 1.165) is 0 Å². The smallest absolute Gasteiger partial charge is 0.255 e. The van der Waals surface area contributed by atoms with E-state index in [2.05, 4.69) is 10.6 Å². The summed E-state index contributed by atoms with van der Waals surface area (Å²) in [6.45, 7) is 1.40. The minimum Gasteiger partial charge on any atom is -0.495 e. The lowest BCUT2D eigenvalue weighted by atomic mass is 10.1. The minimum absolute atomic E-state index is 0.212. The molecule has 2 amide bonds. The van der Waals surface area contributed by atoms with Crippen LogP contribution in [-0.2, 0) is 4.79 Å².